The lowest BCUT2D eigenvalue weighted by atomic mass is 10.2. The van der Waals surface area contributed by atoms with Crippen molar-refractivity contribution < 1.29 is 4.52 Å². The quantitative estimate of drug-likeness (QED) is 0.726. The average molecular weight is 342 g/mol. The molecule has 8 heteroatoms. The lowest BCUT2D eigenvalue weighted by Crippen LogP contribution is -2.36. The van der Waals surface area contributed by atoms with Crippen molar-refractivity contribution >= 4 is 11.3 Å². The molecular weight excluding hydrogens is 324 g/mol. The van der Waals surface area contributed by atoms with Crippen LogP contribution in [-0.2, 0) is 13.1 Å². The van der Waals surface area contributed by atoms with E-state index in [0.717, 1.165) is 30.3 Å². The van der Waals surface area contributed by atoms with Crippen LogP contribution in [0.15, 0.2) is 22.0 Å². The van der Waals surface area contributed by atoms with E-state index in [9.17, 15) is 0 Å². The molecule has 7 nitrogen and oxygen atoms in total. The van der Waals surface area contributed by atoms with Crippen molar-refractivity contribution in [2.45, 2.75) is 44.8 Å². The summed E-state index contributed by atoms with van der Waals surface area (Å²) in [5.41, 5.74) is 0. The fraction of sp³-hybridized carbons (Fsp3) is 0.500. The Morgan fingerprint density at radius 2 is 2.21 bits per heavy atom. The van der Waals surface area contributed by atoms with Crippen LogP contribution in [0.5, 0.6) is 0 Å². The van der Waals surface area contributed by atoms with Gasteiger partial charge in [0, 0.05) is 19.0 Å². The van der Waals surface area contributed by atoms with Crippen molar-refractivity contribution in [1.29, 1.82) is 0 Å². The molecule has 3 aromatic rings. The fourth-order valence-electron chi connectivity index (χ4n) is 3.24. The summed E-state index contributed by atoms with van der Waals surface area (Å²) in [6.45, 7) is 4.77. The van der Waals surface area contributed by atoms with E-state index in [1.165, 1.54) is 18.7 Å². The largest absolute Gasteiger partial charge is 0.337 e. The van der Waals surface area contributed by atoms with E-state index in [2.05, 4.69) is 36.7 Å². The van der Waals surface area contributed by atoms with Crippen LogP contribution in [0.2, 0.25) is 0 Å². The van der Waals surface area contributed by atoms with Crippen LogP contribution in [0.3, 0.4) is 0 Å². The van der Waals surface area contributed by atoms with Crippen LogP contribution in [-0.4, -0.2) is 36.3 Å². The first-order valence-electron chi connectivity index (χ1n) is 8.33. The minimum absolute atomic E-state index is 0.0704. The zero-order valence-electron chi connectivity index (χ0n) is 13.4. The van der Waals surface area contributed by atoms with Crippen LogP contribution < -0.4 is 0 Å². The number of fused-ring (bicyclic) bond motifs is 1. The Morgan fingerprint density at radius 3 is 3.00 bits per heavy atom. The smallest absolute Gasteiger partial charge is 0.244 e. The lowest BCUT2D eigenvalue weighted by molar-refractivity contribution is 0.135. The number of rotatable bonds is 4. The van der Waals surface area contributed by atoms with E-state index < -0.39 is 0 Å². The second-order valence-electron chi connectivity index (χ2n) is 6.48. The Balaban J connectivity index is 1.35. The second kappa shape index (κ2) is 5.49. The molecule has 1 aliphatic carbocycles. The number of thiophene rings is 1. The molecule has 1 aliphatic heterocycles. The van der Waals surface area contributed by atoms with Gasteiger partial charge in [-0.25, -0.2) is 0 Å². The Morgan fingerprint density at radius 1 is 1.29 bits per heavy atom. The number of nitrogens with zero attached hydrogens (tertiary/aromatic N) is 6. The van der Waals surface area contributed by atoms with Gasteiger partial charge in [-0.2, -0.15) is 4.98 Å². The van der Waals surface area contributed by atoms with Crippen LogP contribution in [0.1, 0.15) is 49.3 Å². The molecule has 0 amide bonds. The zero-order valence-corrected chi connectivity index (χ0v) is 14.2. The Hall–Kier alpha value is -2.06. The van der Waals surface area contributed by atoms with Gasteiger partial charge in [0.2, 0.25) is 11.7 Å². The van der Waals surface area contributed by atoms with E-state index in [-0.39, 0.29) is 6.04 Å². The van der Waals surface area contributed by atoms with E-state index in [1.807, 2.05) is 17.5 Å². The molecule has 2 aliphatic rings. The highest BCUT2D eigenvalue weighted by Crippen LogP contribution is 2.40. The summed E-state index contributed by atoms with van der Waals surface area (Å²) in [6.07, 6.45) is 2.51. The predicted molar refractivity (Wildman–Crippen MR) is 88.4 cm³/mol. The molecule has 24 heavy (non-hydrogen) atoms. The molecule has 0 radical (unpaired) electrons. The van der Waals surface area contributed by atoms with E-state index >= 15 is 0 Å². The molecular formula is C16H18N6OS. The van der Waals surface area contributed by atoms with Gasteiger partial charge in [0.25, 0.3) is 0 Å². The molecule has 3 aromatic heterocycles. The van der Waals surface area contributed by atoms with Crippen molar-refractivity contribution in [3.8, 4) is 10.7 Å². The monoisotopic (exact) mass is 342 g/mol. The zero-order chi connectivity index (χ0) is 16.1. The van der Waals surface area contributed by atoms with Gasteiger partial charge in [-0.3, -0.25) is 4.90 Å². The van der Waals surface area contributed by atoms with Gasteiger partial charge in [-0.1, -0.05) is 11.2 Å². The molecule has 0 aromatic carbocycles. The highest BCUT2D eigenvalue weighted by Gasteiger charge is 2.33. The molecule has 1 fully saturated rings. The first kappa shape index (κ1) is 14.3. The van der Waals surface area contributed by atoms with Crippen molar-refractivity contribution in [3.05, 3.63) is 35.1 Å². The summed E-state index contributed by atoms with van der Waals surface area (Å²) in [5, 5.41) is 14.9. The molecule has 0 saturated heterocycles. The molecule has 1 atom stereocenters. The number of hydrogen-bond donors (Lipinski definition) is 0. The minimum atomic E-state index is 0.0704. The SMILES string of the molecule is CC(c1nc(-c2cccs2)no1)N1CCn2c(nnc2C2CC2)C1. The van der Waals surface area contributed by atoms with Gasteiger partial charge in [0.1, 0.15) is 11.6 Å². The topological polar surface area (TPSA) is 72.9 Å². The van der Waals surface area contributed by atoms with E-state index in [4.69, 9.17) is 4.52 Å². The van der Waals surface area contributed by atoms with Crippen molar-refractivity contribution in [2.24, 2.45) is 0 Å². The summed E-state index contributed by atoms with van der Waals surface area (Å²) in [5.74, 6) is 4.19. The van der Waals surface area contributed by atoms with Crippen molar-refractivity contribution in [1.82, 2.24) is 29.8 Å². The van der Waals surface area contributed by atoms with Gasteiger partial charge in [0.05, 0.1) is 17.5 Å². The molecule has 0 bridgehead atoms. The van der Waals surface area contributed by atoms with E-state index in [0.29, 0.717) is 17.6 Å². The van der Waals surface area contributed by atoms with Crippen molar-refractivity contribution in [2.75, 3.05) is 6.54 Å². The molecule has 1 saturated carbocycles. The molecule has 0 N–H and O–H groups in total. The Labute approximate surface area is 143 Å². The third-order valence-corrected chi connectivity index (χ3v) is 5.71. The summed E-state index contributed by atoms with van der Waals surface area (Å²) in [4.78, 5) is 7.93. The van der Waals surface area contributed by atoms with Gasteiger partial charge in [-0.05, 0) is 31.2 Å². The summed E-state index contributed by atoms with van der Waals surface area (Å²) in [6, 6.07) is 4.07. The third-order valence-electron chi connectivity index (χ3n) is 4.84. The minimum Gasteiger partial charge on any atom is -0.337 e. The van der Waals surface area contributed by atoms with Crippen LogP contribution in [0, 0.1) is 0 Å². The second-order valence-corrected chi connectivity index (χ2v) is 7.43. The third kappa shape index (κ3) is 2.37. The Kier molecular flexibility index (Phi) is 3.27. The summed E-state index contributed by atoms with van der Waals surface area (Å²) in [7, 11) is 0. The van der Waals surface area contributed by atoms with Gasteiger partial charge in [-0.15, -0.1) is 21.5 Å². The van der Waals surface area contributed by atoms with E-state index in [1.54, 1.807) is 11.3 Å². The van der Waals surface area contributed by atoms with Gasteiger partial charge < -0.3 is 9.09 Å². The van der Waals surface area contributed by atoms with Gasteiger partial charge in [0.15, 0.2) is 0 Å². The maximum Gasteiger partial charge on any atom is 0.244 e. The van der Waals surface area contributed by atoms with Crippen LogP contribution in [0.4, 0.5) is 0 Å². The predicted octanol–water partition coefficient (Wildman–Crippen LogP) is 2.84. The van der Waals surface area contributed by atoms with Crippen molar-refractivity contribution in [3.63, 3.8) is 0 Å². The Bertz CT molecular complexity index is 850. The highest BCUT2D eigenvalue weighted by atomic mass is 32.1. The highest BCUT2D eigenvalue weighted by molar-refractivity contribution is 7.13. The van der Waals surface area contributed by atoms with Gasteiger partial charge >= 0.3 is 0 Å². The normalized spacial score (nSPS) is 19.4. The first-order valence-corrected chi connectivity index (χ1v) is 9.21. The fourth-order valence-corrected chi connectivity index (χ4v) is 3.89. The maximum atomic E-state index is 5.51. The molecule has 1 unspecified atom stereocenters. The molecule has 5 rings (SSSR count). The van der Waals surface area contributed by atoms with Crippen LogP contribution in [0.25, 0.3) is 10.7 Å². The number of aromatic nitrogens is 5. The molecule has 124 valence electrons. The molecule has 4 heterocycles. The number of hydrogen-bond acceptors (Lipinski definition) is 7. The summed E-state index contributed by atoms with van der Waals surface area (Å²) < 4.78 is 7.80. The standard InChI is InChI=1S/C16H18N6OS/c1-10(16-17-14(20-23-16)12-3-2-8-24-12)21-6-7-22-13(9-21)18-19-15(22)11-4-5-11/h2-3,8,10-11H,4-7,9H2,1H3. The first-order chi connectivity index (χ1) is 11.8. The molecule has 0 spiro atoms. The lowest BCUT2D eigenvalue weighted by Gasteiger charge is -2.30. The maximum absolute atomic E-state index is 5.51. The summed E-state index contributed by atoms with van der Waals surface area (Å²) >= 11 is 1.62. The average Bonchev–Trinajstić information content (AvgIpc) is 3.06. The van der Waals surface area contributed by atoms with Crippen LogP contribution >= 0.6 is 11.3 Å².